The molecule has 0 spiro atoms. The molecule has 0 atom stereocenters. The van der Waals surface area contributed by atoms with E-state index >= 15 is 0 Å². The normalized spacial score (nSPS) is 12.4. The highest BCUT2D eigenvalue weighted by Crippen LogP contribution is 2.37. The Morgan fingerprint density at radius 1 is 0.677 bits per heavy atom. The quantitative estimate of drug-likeness (QED) is 0.395. The summed E-state index contributed by atoms with van der Waals surface area (Å²) in [6.45, 7) is 0.803. The van der Waals surface area contributed by atoms with Crippen LogP contribution in [-0.2, 0) is 6.54 Å². The van der Waals surface area contributed by atoms with Crippen molar-refractivity contribution in [3.8, 4) is 22.9 Å². The Bertz CT molecular complexity index is 1590. The van der Waals surface area contributed by atoms with Crippen LogP contribution in [0.15, 0.2) is 97.3 Å². The van der Waals surface area contributed by atoms with Gasteiger partial charge in [0.05, 0.1) is 11.1 Å². The fourth-order valence-electron chi connectivity index (χ4n) is 4.85. The molecule has 0 unspecified atom stereocenters. The predicted molar refractivity (Wildman–Crippen MR) is 120 cm³/mol. The van der Waals surface area contributed by atoms with Gasteiger partial charge in [-0.15, -0.1) is 0 Å². The van der Waals surface area contributed by atoms with Crippen molar-refractivity contribution in [1.29, 1.82) is 0 Å². The molecule has 4 aromatic heterocycles. The SMILES string of the molecule is c1ccc(-n2c3[n+](c4c5cccnc5n(-c5ccccc5)c42)Cc2cccnc2-3)cc1. The van der Waals surface area contributed by atoms with Crippen molar-refractivity contribution in [2.75, 3.05) is 0 Å². The lowest BCUT2D eigenvalue weighted by molar-refractivity contribution is -0.645. The maximum absolute atomic E-state index is 4.80. The number of pyridine rings is 2. The molecule has 0 saturated carbocycles. The first-order valence-electron chi connectivity index (χ1n) is 10.4. The number of hydrogen-bond acceptors (Lipinski definition) is 2. The van der Waals surface area contributed by atoms with Gasteiger partial charge in [-0.3, -0.25) is 4.57 Å². The molecule has 6 aromatic rings. The average Bonchev–Trinajstić information content (AvgIpc) is 3.46. The lowest BCUT2D eigenvalue weighted by atomic mass is 10.2. The van der Waals surface area contributed by atoms with E-state index in [0.717, 1.165) is 46.1 Å². The average molecular weight is 400 g/mol. The monoisotopic (exact) mass is 400 g/mol. The van der Waals surface area contributed by atoms with Gasteiger partial charge in [-0.1, -0.05) is 42.5 Å². The smallest absolute Gasteiger partial charge is 0.257 e. The summed E-state index contributed by atoms with van der Waals surface area (Å²) in [4.78, 5) is 9.57. The lowest BCUT2D eigenvalue weighted by Crippen LogP contribution is -2.31. The minimum absolute atomic E-state index is 0.803. The molecule has 0 amide bonds. The zero-order valence-corrected chi connectivity index (χ0v) is 16.7. The molecule has 7 rings (SSSR count). The summed E-state index contributed by atoms with van der Waals surface area (Å²) in [7, 11) is 0. The van der Waals surface area contributed by atoms with Crippen LogP contribution < -0.4 is 4.57 Å². The van der Waals surface area contributed by atoms with Crippen molar-refractivity contribution in [3.05, 3.63) is 103 Å². The molecule has 0 aliphatic carbocycles. The van der Waals surface area contributed by atoms with E-state index < -0.39 is 0 Å². The fourth-order valence-corrected chi connectivity index (χ4v) is 4.85. The molecule has 1 aliphatic heterocycles. The van der Waals surface area contributed by atoms with E-state index in [1.165, 1.54) is 11.1 Å². The zero-order valence-electron chi connectivity index (χ0n) is 16.7. The van der Waals surface area contributed by atoms with Gasteiger partial charge in [-0.25, -0.2) is 14.5 Å². The Morgan fingerprint density at radius 3 is 2.13 bits per heavy atom. The van der Waals surface area contributed by atoms with Gasteiger partial charge >= 0.3 is 5.82 Å². The van der Waals surface area contributed by atoms with Crippen molar-refractivity contribution in [2.24, 2.45) is 0 Å². The predicted octanol–water partition coefficient (Wildman–Crippen LogP) is 4.68. The molecular weight excluding hydrogens is 382 g/mol. The summed E-state index contributed by atoms with van der Waals surface area (Å²) in [6, 6.07) is 29.4. The standard InChI is InChI=1S/C26H18N5/c1-3-10-19(11-4-1)30-24-21(14-8-16-28-24)23-26(30)31(20-12-5-2-6-13-20)25-22-18(17-29(23)25)9-7-15-27-22/h1-16H,17H2/q+1. The maximum Gasteiger partial charge on any atom is 0.315 e. The van der Waals surface area contributed by atoms with Gasteiger partial charge in [0.15, 0.2) is 11.3 Å². The molecular formula is C26H18N5+. The van der Waals surface area contributed by atoms with Crippen molar-refractivity contribution in [1.82, 2.24) is 19.1 Å². The van der Waals surface area contributed by atoms with Crippen LogP contribution in [0.2, 0.25) is 0 Å². The van der Waals surface area contributed by atoms with Crippen LogP contribution in [-0.4, -0.2) is 19.1 Å². The van der Waals surface area contributed by atoms with E-state index in [-0.39, 0.29) is 0 Å². The number of hydrogen-bond donors (Lipinski definition) is 0. The second-order valence-electron chi connectivity index (χ2n) is 7.81. The Hall–Kier alpha value is -4.25. The number of rotatable bonds is 2. The second-order valence-corrected chi connectivity index (χ2v) is 7.81. The first-order valence-corrected chi connectivity index (χ1v) is 10.4. The van der Waals surface area contributed by atoms with Crippen LogP contribution in [0, 0.1) is 0 Å². The Kier molecular flexibility index (Phi) is 3.27. The first kappa shape index (κ1) is 16.5. The van der Waals surface area contributed by atoms with Gasteiger partial charge in [0.25, 0.3) is 5.65 Å². The summed E-state index contributed by atoms with van der Waals surface area (Å²) in [5, 5.41) is 1.14. The first-order chi connectivity index (χ1) is 15.4. The van der Waals surface area contributed by atoms with Gasteiger partial charge in [-0.2, -0.15) is 4.57 Å². The van der Waals surface area contributed by atoms with Gasteiger partial charge in [0.1, 0.15) is 12.2 Å². The molecule has 0 radical (unpaired) electrons. The van der Waals surface area contributed by atoms with E-state index in [1.54, 1.807) is 0 Å². The number of benzene rings is 2. The van der Waals surface area contributed by atoms with Crippen molar-refractivity contribution in [3.63, 3.8) is 0 Å². The highest BCUT2D eigenvalue weighted by atomic mass is 15.3. The van der Waals surface area contributed by atoms with Crippen molar-refractivity contribution in [2.45, 2.75) is 6.54 Å². The molecule has 2 aromatic carbocycles. The van der Waals surface area contributed by atoms with Crippen LogP contribution in [0.25, 0.3) is 45.1 Å². The van der Waals surface area contributed by atoms with Gasteiger partial charge in [0.2, 0.25) is 5.52 Å². The Morgan fingerprint density at radius 2 is 1.35 bits per heavy atom. The van der Waals surface area contributed by atoms with Gasteiger partial charge < -0.3 is 0 Å². The number of nitrogens with zero attached hydrogens (tertiary/aromatic N) is 5. The van der Waals surface area contributed by atoms with E-state index in [9.17, 15) is 0 Å². The number of imidazole rings is 1. The molecule has 5 nitrogen and oxygen atoms in total. The topological polar surface area (TPSA) is 39.5 Å². The second kappa shape index (κ2) is 6.12. The third kappa shape index (κ3) is 2.17. The molecule has 0 bridgehead atoms. The highest BCUT2D eigenvalue weighted by molar-refractivity contribution is 6.04. The molecule has 5 heterocycles. The number of fused-ring (bicyclic) bond motifs is 7. The molecule has 0 saturated heterocycles. The van der Waals surface area contributed by atoms with E-state index in [1.807, 2.05) is 30.6 Å². The van der Waals surface area contributed by atoms with Crippen molar-refractivity contribution >= 4 is 22.2 Å². The molecule has 0 fully saturated rings. The Labute approximate surface area is 178 Å². The van der Waals surface area contributed by atoms with E-state index in [4.69, 9.17) is 9.97 Å². The summed E-state index contributed by atoms with van der Waals surface area (Å²) in [5.74, 6) is 1.11. The third-order valence-electron chi connectivity index (χ3n) is 6.09. The molecule has 0 N–H and O–H groups in total. The van der Waals surface area contributed by atoms with E-state index in [2.05, 4.69) is 80.4 Å². The number of para-hydroxylation sites is 2. The van der Waals surface area contributed by atoms with Crippen LogP contribution in [0.5, 0.6) is 0 Å². The maximum atomic E-state index is 4.80. The van der Waals surface area contributed by atoms with Crippen LogP contribution in [0.3, 0.4) is 0 Å². The molecule has 1 aliphatic rings. The van der Waals surface area contributed by atoms with Crippen LogP contribution in [0.4, 0.5) is 0 Å². The largest absolute Gasteiger partial charge is 0.315 e. The lowest BCUT2D eigenvalue weighted by Gasteiger charge is -2.07. The summed E-state index contributed by atoms with van der Waals surface area (Å²) in [5.41, 5.74) is 7.74. The highest BCUT2D eigenvalue weighted by Gasteiger charge is 2.39. The fraction of sp³-hybridized carbons (Fsp3) is 0.0385. The van der Waals surface area contributed by atoms with Crippen LogP contribution in [0.1, 0.15) is 5.56 Å². The van der Waals surface area contributed by atoms with E-state index in [0.29, 0.717) is 0 Å². The summed E-state index contributed by atoms with van der Waals surface area (Å²) in [6.07, 6.45) is 3.75. The summed E-state index contributed by atoms with van der Waals surface area (Å²) >= 11 is 0. The van der Waals surface area contributed by atoms with Crippen LogP contribution >= 0.6 is 0 Å². The summed E-state index contributed by atoms with van der Waals surface area (Å²) < 4.78 is 7.00. The third-order valence-corrected chi connectivity index (χ3v) is 6.09. The number of aromatic nitrogens is 5. The molecule has 146 valence electrons. The van der Waals surface area contributed by atoms with Gasteiger partial charge in [0, 0.05) is 18.0 Å². The Balaban J connectivity index is 1.74. The zero-order chi connectivity index (χ0) is 20.4. The van der Waals surface area contributed by atoms with Gasteiger partial charge in [-0.05, 0) is 42.5 Å². The minimum atomic E-state index is 0.803. The molecule has 31 heavy (non-hydrogen) atoms. The van der Waals surface area contributed by atoms with Crippen molar-refractivity contribution < 1.29 is 4.57 Å². The minimum Gasteiger partial charge on any atom is -0.257 e. The molecule has 5 heteroatoms.